The van der Waals surface area contributed by atoms with Gasteiger partial charge in [-0.05, 0) is 12.1 Å². The highest BCUT2D eigenvalue weighted by Crippen LogP contribution is 2.25. The molecule has 0 aliphatic rings. The van der Waals surface area contributed by atoms with Crippen molar-refractivity contribution in [1.29, 1.82) is 0 Å². The Kier molecular flexibility index (Phi) is 2.65. The molecule has 0 aliphatic heterocycles. The Balaban J connectivity index is 3.30. The number of halogens is 3. The number of terminal acetylenes is 1. The van der Waals surface area contributed by atoms with Crippen LogP contribution in [0.5, 0.6) is 0 Å². The van der Waals surface area contributed by atoms with E-state index in [1.54, 1.807) is 0 Å². The van der Waals surface area contributed by atoms with Crippen molar-refractivity contribution in [3.63, 3.8) is 0 Å². The van der Waals surface area contributed by atoms with Gasteiger partial charge in [0.1, 0.15) is 5.56 Å². The van der Waals surface area contributed by atoms with Crippen LogP contribution in [0.4, 0.5) is 13.2 Å². The minimum atomic E-state index is -4.63. The molecule has 1 rings (SSSR count). The summed E-state index contributed by atoms with van der Waals surface area (Å²) in [5.41, 5.74) is -2.31. The maximum absolute atomic E-state index is 12.2. The maximum atomic E-state index is 12.2. The Morgan fingerprint density at radius 3 is 2.64 bits per heavy atom. The molecule has 1 aromatic rings. The van der Waals surface area contributed by atoms with E-state index in [9.17, 15) is 18.0 Å². The number of aromatic nitrogens is 1. The Hall–Kier alpha value is -1.70. The predicted molar refractivity (Wildman–Crippen MR) is 44.5 cm³/mol. The number of hydrogen-bond donors (Lipinski definition) is 0. The zero-order valence-electron chi connectivity index (χ0n) is 7.01. The molecule has 0 N–H and O–H groups in total. The fourth-order valence-corrected chi connectivity index (χ4v) is 0.975. The summed E-state index contributed by atoms with van der Waals surface area (Å²) in [4.78, 5) is 11.2. The fourth-order valence-electron chi connectivity index (χ4n) is 0.975. The zero-order valence-corrected chi connectivity index (χ0v) is 7.01. The van der Waals surface area contributed by atoms with Crippen LogP contribution in [0.2, 0.25) is 0 Å². The molecule has 0 saturated heterocycles. The van der Waals surface area contributed by atoms with Gasteiger partial charge in [-0.3, -0.25) is 4.79 Å². The molecule has 0 atom stereocenters. The van der Waals surface area contributed by atoms with E-state index < -0.39 is 17.3 Å². The van der Waals surface area contributed by atoms with Crippen molar-refractivity contribution in [2.24, 2.45) is 0 Å². The molecule has 0 fully saturated rings. The average Bonchev–Trinajstić information content (AvgIpc) is 2.07. The van der Waals surface area contributed by atoms with E-state index in [0.29, 0.717) is 0 Å². The SMILES string of the molecule is C#CCn1cccc(C(F)(F)F)c1=O. The molecule has 0 amide bonds. The van der Waals surface area contributed by atoms with Crippen LogP contribution in [-0.4, -0.2) is 4.57 Å². The Morgan fingerprint density at radius 2 is 2.14 bits per heavy atom. The number of pyridine rings is 1. The zero-order chi connectivity index (χ0) is 10.8. The van der Waals surface area contributed by atoms with Crippen LogP contribution in [0.15, 0.2) is 23.1 Å². The van der Waals surface area contributed by atoms with Gasteiger partial charge < -0.3 is 4.57 Å². The van der Waals surface area contributed by atoms with Crippen molar-refractivity contribution in [2.75, 3.05) is 0 Å². The topological polar surface area (TPSA) is 22.0 Å². The lowest BCUT2D eigenvalue weighted by Crippen LogP contribution is -2.27. The van der Waals surface area contributed by atoms with Crippen LogP contribution in [0.25, 0.3) is 0 Å². The van der Waals surface area contributed by atoms with Crippen molar-refractivity contribution in [3.05, 3.63) is 34.2 Å². The van der Waals surface area contributed by atoms with Crippen LogP contribution >= 0.6 is 0 Å². The van der Waals surface area contributed by atoms with Gasteiger partial charge in [-0.1, -0.05) is 5.92 Å². The fraction of sp³-hybridized carbons (Fsp3) is 0.222. The number of nitrogens with zero attached hydrogens (tertiary/aromatic N) is 1. The van der Waals surface area contributed by atoms with Crippen LogP contribution < -0.4 is 5.56 Å². The Labute approximate surface area is 78.0 Å². The second kappa shape index (κ2) is 3.58. The van der Waals surface area contributed by atoms with E-state index in [1.165, 1.54) is 6.20 Å². The van der Waals surface area contributed by atoms with E-state index in [0.717, 1.165) is 16.7 Å². The van der Waals surface area contributed by atoms with Gasteiger partial charge in [0.2, 0.25) is 0 Å². The Bertz CT molecular complexity index is 425. The molecule has 0 unspecified atom stereocenters. The van der Waals surface area contributed by atoms with Crippen molar-refractivity contribution in [3.8, 4) is 12.3 Å². The van der Waals surface area contributed by atoms with E-state index in [1.807, 2.05) is 0 Å². The molecule has 74 valence electrons. The number of alkyl halides is 3. The van der Waals surface area contributed by atoms with Gasteiger partial charge in [0.05, 0.1) is 6.54 Å². The van der Waals surface area contributed by atoms with Gasteiger partial charge in [-0.2, -0.15) is 13.2 Å². The molecular weight excluding hydrogens is 195 g/mol. The van der Waals surface area contributed by atoms with Crippen molar-refractivity contribution < 1.29 is 13.2 Å². The van der Waals surface area contributed by atoms with Gasteiger partial charge in [0.25, 0.3) is 5.56 Å². The lowest BCUT2D eigenvalue weighted by atomic mass is 10.2. The molecule has 14 heavy (non-hydrogen) atoms. The van der Waals surface area contributed by atoms with E-state index in [4.69, 9.17) is 6.42 Å². The largest absolute Gasteiger partial charge is 0.421 e. The van der Waals surface area contributed by atoms with Crippen molar-refractivity contribution in [2.45, 2.75) is 12.7 Å². The minimum Gasteiger partial charge on any atom is -0.303 e. The molecule has 0 radical (unpaired) electrons. The number of hydrogen-bond acceptors (Lipinski definition) is 1. The lowest BCUT2D eigenvalue weighted by molar-refractivity contribution is -0.138. The molecule has 1 heterocycles. The molecular formula is C9H6F3NO. The highest BCUT2D eigenvalue weighted by atomic mass is 19.4. The van der Waals surface area contributed by atoms with Gasteiger partial charge in [0, 0.05) is 6.20 Å². The molecule has 1 aromatic heterocycles. The second-order valence-electron chi connectivity index (χ2n) is 2.56. The van der Waals surface area contributed by atoms with Crippen molar-refractivity contribution >= 4 is 0 Å². The first-order valence-electron chi connectivity index (χ1n) is 3.67. The van der Waals surface area contributed by atoms with Crippen LogP contribution in [-0.2, 0) is 12.7 Å². The second-order valence-corrected chi connectivity index (χ2v) is 2.56. The third-order valence-electron chi connectivity index (χ3n) is 1.59. The predicted octanol–water partition coefficient (Wildman–Crippen LogP) is 1.50. The summed E-state index contributed by atoms with van der Waals surface area (Å²) >= 11 is 0. The summed E-state index contributed by atoms with van der Waals surface area (Å²) in [5.74, 6) is 2.10. The summed E-state index contributed by atoms with van der Waals surface area (Å²) < 4.78 is 37.4. The van der Waals surface area contributed by atoms with Crippen LogP contribution in [0.3, 0.4) is 0 Å². The van der Waals surface area contributed by atoms with Gasteiger partial charge >= 0.3 is 6.18 Å². The Morgan fingerprint density at radius 1 is 1.50 bits per heavy atom. The first kappa shape index (κ1) is 10.4. The smallest absolute Gasteiger partial charge is 0.303 e. The third-order valence-corrected chi connectivity index (χ3v) is 1.59. The average molecular weight is 201 g/mol. The number of rotatable bonds is 1. The molecule has 0 bridgehead atoms. The van der Waals surface area contributed by atoms with E-state index >= 15 is 0 Å². The quantitative estimate of drug-likeness (QED) is 0.631. The van der Waals surface area contributed by atoms with Crippen molar-refractivity contribution in [1.82, 2.24) is 4.57 Å². The van der Waals surface area contributed by atoms with Gasteiger partial charge in [0.15, 0.2) is 0 Å². The van der Waals surface area contributed by atoms with Crippen LogP contribution in [0, 0.1) is 12.3 Å². The molecule has 0 saturated carbocycles. The van der Waals surface area contributed by atoms with E-state index in [2.05, 4.69) is 5.92 Å². The molecule has 0 aliphatic carbocycles. The van der Waals surface area contributed by atoms with E-state index in [-0.39, 0.29) is 6.54 Å². The maximum Gasteiger partial charge on any atom is 0.421 e. The summed E-state index contributed by atoms with van der Waals surface area (Å²) in [6.45, 7) is -0.164. The third kappa shape index (κ3) is 1.96. The minimum absolute atomic E-state index is 0.164. The normalized spacial score (nSPS) is 11.0. The molecule has 0 aromatic carbocycles. The molecule has 0 spiro atoms. The lowest BCUT2D eigenvalue weighted by Gasteiger charge is -2.07. The molecule has 5 heteroatoms. The summed E-state index contributed by atoms with van der Waals surface area (Å²) in [7, 11) is 0. The van der Waals surface area contributed by atoms with Gasteiger partial charge in [-0.25, -0.2) is 0 Å². The monoisotopic (exact) mass is 201 g/mol. The highest BCUT2D eigenvalue weighted by molar-refractivity contribution is 5.14. The standard InChI is InChI=1S/C9H6F3NO/c1-2-5-13-6-3-4-7(8(13)14)9(10,11)12/h1,3-4,6H,5H2. The van der Waals surface area contributed by atoms with Gasteiger partial charge in [-0.15, -0.1) is 6.42 Å². The summed E-state index contributed by atoms with van der Waals surface area (Å²) in [5, 5.41) is 0. The highest BCUT2D eigenvalue weighted by Gasteiger charge is 2.34. The summed E-state index contributed by atoms with van der Waals surface area (Å²) in [6.07, 6.45) is 1.49. The first-order chi connectivity index (χ1) is 6.46. The first-order valence-corrected chi connectivity index (χ1v) is 3.67. The summed E-state index contributed by atoms with van der Waals surface area (Å²) in [6, 6.07) is 1.87. The van der Waals surface area contributed by atoms with Crippen LogP contribution in [0.1, 0.15) is 5.56 Å². The molecule has 2 nitrogen and oxygen atoms in total.